The fourth-order valence-electron chi connectivity index (χ4n) is 4.17. The number of piperidine rings is 2. The highest BCUT2D eigenvalue weighted by Crippen LogP contribution is 2.41. The van der Waals surface area contributed by atoms with Gasteiger partial charge in [-0.05, 0) is 55.9 Å². The van der Waals surface area contributed by atoms with Crippen molar-refractivity contribution in [2.75, 3.05) is 31.1 Å². The number of rotatable bonds is 3. The highest BCUT2D eigenvalue weighted by atomic mass is 16.2. The van der Waals surface area contributed by atoms with E-state index >= 15 is 0 Å². The molecule has 1 aromatic rings. The van der Waals surface area contributed by atoms with Crippen molar-refractivity contribution in [3.8, 4) is 0 Å². The van der Waals surface area contributed by atoms with Gasteiger partial charge >= 0.3 is 0 Å². The Morgan fingerprint density at radius 1 is 1.13 bits per heavy atom. The Labute approximate surface area is 138 Å². The van der Waals surface area contributed by atoms with E-state index in [-0.39, 0.29) is 0 Å². The van der Waals surface area contributed by atoms with Gasteiger partial charge in [-0.2, -0.15) is 0 Å². The second kappa shape index (κ2) is 6.10. The molecule has 0 bridgehead atoms. The second-order valence-corrected chi connectivity index (χ2v) is 7.60. The maximum Gasteiger partial charge on any atom is 0.225 e. The van der Waals surface area contributed by atoms with Gasteiger partial charge in [0.2, 0.25) is 11.9 Å². The third-order valence-electron chi connectivity index (χ3n) is 5.83. The lowest BCUT2D eigenvalue weighted by molar-refractivity contribution is -0.134. The molecule has 2 aliphatic heterocycles. The van der Waals surface area contributed by atoms with Crippen LogP contribution in [-0.4, -0.2) is 47.0 Å². The van der Waals surface area contributed by atoms with Gasteiger partial charge in [-0.15, -0.1) is 0 Å². The topological polar surface area (TPSA) is 49.3 Å². The molecule has 3 aliphatic rings. The molecule has 4 rings (SSSR count). The van der Waals surface area contributed by atoms with E-state index in [2.05, 4.69) is 19.8 Å². The first-order valence-corrected chi connectivity index (χ1v) is 9.04. The van der Waals surface area contributed by atoms with E-state index in [9.17, 15) is 4.79 Å². The van der Waals surface area contributed by atoms with Gasteiger partial charge in [0, 0.05) is 45.0 Å². The molecule has 0 radical (unpaired) electrons. The SMILES string of the molecule is O=C(CC1CC1)N1CCC2(CCCN(c3ncccn3)C2)CC1. The number of nitrogens with zero attached hydrogens (tertiary/aromatic N) is 4. The lowest BCUT2D eigenvalue weighted by atomic mass is 9.72. The van der Waals surface area contributed by atoms with Crippen molar-refractivity contribution in [1.29, 1.82) is 0 Å². The van der Waals surface area contributed by atoms with Crippen LogP contribution in [0.2, 0.25) is 0 Å². The summed E-state index contributed by atoms with van der Waals surface area (Å²) in [5.41, 5.74) is 0.355. The van der Waals surface area contributed by atoms with E-state index in [1.807, 2.05) is 18.5 Å². The summed E-state index contributed by atoms with van der Waals surface area (Å²) in [4.78, 5) is 25.6. The Morgan fingerprint density at radius 3 is 2.57 bits per heavy atom. The molecular formula is C18H26N4O. The molecule has 124 valence electrons. The van der Waals surface area contributed by atoms with Crippen LogP contribution in [-0.2, 0) is 4.79 Å². The number of anilines is 1. The fourth-order valence-corrected chi connectivity index (χ4v) is 4.17. The van der Waals surface area contributed by atoms with Gasteiger partial charge < -0.3 is 9.80 Å². The van der Waals surface area contributed by atoms with E-state index < -0.39 is 0 Å². The van der Waals surface area contributed by atoms with Crippen LogP contribution in [0.15, 0.2) is 18.5 Å². The van der Waals surface area contributed by atoms with Crippen LogP contribution in [0.3, 0.4) is 0 Å². The summed E-state index contributed by atoms with van der Waals surface area (Å²) in [6, 6.07) is 1.87. The summed E-state index contributed by atoms with van der Waals surface area (Å²) in [7, 11) is 0. The largest absolute Gasteiger partial charge is 0.343 e. The van der Waals surface area contributed by atoms with Gasteiger partial charge in [0.25, 0.3) is 0 Å². The minimum Gasteiger partial charge on any atom is -0.343 e. The summed E-state index contributed by atoms with van der Waals surface area (Å²) < 4.78 is 0. The average Bonchev–Trinajstić information content (AvgIpc) is 3.40. The zero-order chi connectivity index (χ0) is 15.7. The van der Waals surface area contributed by atoms with Crippen LogP contribution >= 0.6 is 0 Å². The van der Waals surface area contributed by atoms with Crippen LogP contribution in [0.4, 0.5) is 5.95 Å². The number of carbonyl (C=O) groups excluding carboxylic acids is 1. The first-order valence-electron chi connectivity index (χ1n) is 9.04. The van der Waals surface area contributed by atoms with Crippen molar-refractivity contribution in [2.45, 2.75) is 44.9 Å². The van der Waals surface area contributed by atoms with E-state index in [0.29, 0.717) is 17.2 Å². The third-order valence-corrected chi connectivity index (χ3v) is 5.83. The zero-order valence-corrected chi connectivity index (χ0v) is 13.8. The number of likely N-dealkylation sites (tertiary alicyclic amines) is 1. The monoisotopic (exact) mass is 314 g/mol. The lowest BCUT2D eigenvalue weighted by Gasteiger charge is -2.47. The molecule has 0 unspecified atom stereocenters. The molecule has 1 amide bonds. The third kappa shape index (κ3) is 3.33. The molecule has 1 aromatic heterocycles. The molecule has 5 nitrogen and oxygen atoms in total. The predicted molar refractivity (Wildman–Crippen MR) is 89.1 cm³/mol. The quantitative estimate of drug-likeness (QED) is 0.860. The zero-order valence-electron chi connectivity index (χ0n) is 13.8. The van der Waals surface area contributed by atoms with E-state index in [0.717, 1.165) is 51.4 Å². The number of aromatic nitrogens is 2. The highest BCUT2D eigenvalue weighted by Gasteiger charge is 2.40. The molecule has 23 heavy (non-hydrogen) atoms. The molecule has 0 aromatic carbocycles. The van der Waals surface area contributed by atoms with E-state index in [1.165, 1.54) is 25.7 Å². The second-order valence-electron chi connectivity index (χ2n) is 7.60. The normalized spacial score (nSPS) is 24.0. The Bertz CT molecular complexity index is 549. The molecule has 0 N–H and O–H groups in total. The molecule has 5 heteroatoms. The first-order chi connectivity index (χ1) is 11.2. The Hall–Kier alpha value is -1.65. The van der Waals surface area contributed by atoms with Crippen LogP contribution < -0.4 is 4.90 Å². The maximum atomic E-state index is 12.3. The van der Waals surface area contributed by atoms with E-state index in [1.54, 1.807) is 0 Å². The summed E-state index contributed by atoms with van der Waals surface area (Å²) >= 11 is 0. The average molecular weight is 314 g/mol. The summed E-state index contributed by atoms with van der Waals surface area (Å²) in [5, 5.41) is 0. The van der Waals surface area contributed by atoms with Crippen molar-refractivity contribution in [3.63, 3.8) is 0 Å². The van der Waals surface area contributed by atoms with Crippen LogP contribution in [0.25, 0.3) is 0 Å². The van der Waals surface area contributed by atoms with Gasteiger partial charge in [0.1, 0.15) is 0 Å². The van der Waals surface area contributed by atoms with Crippen molar-refractivity contribution < 1.29 is 4.79 Å². The molecule has 2 saturated heterocycles. The number of amides is 1. The molecule has 1 spiro atoms. The number of hydrogen-bond donors (Lipinski definition) is 0. The van der Waals surface area contributed by atoms with Crippen molar-refractivity contribution in [2.24, 2.45) is 11.3 Å². The summed E-state index contributed by atoms with van der Waals surface area (Å²) in [5.74, 6) is 1.94. The van der Waals surface area contributed by atoms with Gasteiger partial charge in [0.05, 0.1) is 0 Å². The molecule has 1 aliphatic carbocycles. The number of hydrogen-bond acceptors (Lipinski definition) is 4. The summed E-state index contributed by atoms with van der Waals surface area (Å²) in [6.07, 6.45) is 11.7. The highest BCUT2D eigenvalue weighted by molar-refractivity contribution is 5.76. The maximum absolute atomic E-state index is 12.3. The summed E-state index contributed by atoms with van der Waals surface area (Å²) in [6.45, 7) is 3.97. The van der Waals surface area contributed by atoms with Gasteiger partial charge in [-0.3, -0.25) is 4.79 Å². The molecule has 3 heterocycles. The van der Waals surface area contributed by atoms with Crippen molar-refractivity contribution in [3.05, 3.63) is 18.5 Å². The minimum absolute atomic E-state index is 0.355. The van der Waals surface area contributed by atoms with Crippen LogP contribution in [0, 0.1) is 11.3 Å². The lowest BCUT2D eigenvalue weighted by Crippen LogP contribution is -2.51. The fraction of sp³-hybridized carbons (Fsp3) is 0.722. The van der Waals surface area contributed by atoms with E-state index in [4.69, 9.17) is 0 Å². The number of carbonyl (C=O) groups is 1. The van der Waals surface area contributed by atoms with Crippen LogP contribution in [0.1, 0.15) is 44.9 Å². The van der Waals surface area contributed by atoms with Gasteiger partial charge in [-0.1, -0.05) is 0 Å². The minimum atomic E-state index is 0.355. The van der Waals surface area contributed by atoms with Crippen molar-refractivity contribution >= 4 is 11.9 Å². The molecule has 1 saturated carbocycles. The van der Waals surface area contributed by atoms with Gasteiger partial charge in [-0.25, -0.2) is 9.97 Å². The van der Waals surface area contributed by atoms with Crippen molar-refractivity contribution in [1.82, 2.24) is 14.9 Å². The van der Waals surface area contributed by atoms with Crippen LogP contribution in [0.5, 0.6) is 0 Å². The predicted octanol–water partition coefficient (Wildman–Crippen LogP) is 2.49. The molecule has 3 fully saturated rings. The Morgan fingerprint density at radius 2 is 1.87 bits per heavy atom. The Kier molecular flexibility index (Phi) is 3.95. The standard InChI is InChI=1S/C18H26N4O/c23-16(13-15-3-4-15)21-11-6-18(7-12-21)5-1-10-22(14-18)17-19-8-2-9-20-17/h2,8-9,15H,1,3-7,10-14H2. The smallest absolute Gasteiger partial charge is 0.225 e. The first kappa shape index (κ1) is 14.9. The molecular weight excluding hydrogens is 288 g/mol. The Balaban J connectivity index is 1.36. The molecule has 0 atom stereocenters. The van der Waals surface area contributed by atoms with Gasteiger partial charge in [0.15, 0.2) is 0 Å².